The first-order chi connectivity index (χ1) is 11.0. The van der Waals surface area contributed by atoms with Crippen LogP contribution in [0.4, 0.5) is 4.39 Å². The lowest BCUT2D eigenvalue weighted by atomic mass is 9.87. The van der Waals surface area contributed by atoms with Crippen molar-refractivity contribution in [1.82, 2.24) is 4.90 Å². The second-order valence-corrected chi connectivity index (χ2v) is 7.57. The van der Waals surface area contributed by atoms with Crippen LogP contribution in [0.2, 0.25) is 0 Å². The lowest BCUT2D eigenvalue weighted by molar-refractivity contribution is 0.392. The zero-order chi connectivity index (χ0) is 16.4. The number of fused-ring (bicyclic) bond motifs is 2. The molecule has 0 radical (unpaired) electrons. The van der Waals surface area contributed by atoms with E-state index >= 15 is 0 Å². The molecule has 0 saturated carbocycles. The molecule has 2 aromatic carbocycles. The summed E-state index contributed by atoms with van der Waals surface area (Å²) >= 11 is 4.78. The van der Waals surface area contributed by atoms with Crippen LogP contribution in [-0.2, 0) is 12.8 Å². The first kappa shape index (κ1) is 16.5. The van der Waals surface area contributed by atoms with Crippen LogP contribution in [0.3, 0.4) is 0 Å². The molecule has 0 saturated heterocycles. The maximum absolute atomic E-state index is 13.7. The minimum Gasteiger partial charge on any atom is -0.308 e. The summed E-state index contributed by atoms with van der Waals surface area (Å²) in [5, 5.41) is 0.318. The highest BCUT2D eigenvalue weighted by molar-refractivity contribution is 7.81. The lowest BCUT2D eigenvalue weighted by Gasteiger charge is -2.23. The third-order valence-electron chi connectivity index (χ3n) is 4.64. The Morgan fingerprint density at radius 2 is 1.91 bits per heavy atom. The number of halogens is 1. The third kappa shape index (κ3) is 3.96. The summed E-state index contributed by atoms with van der Waals surface area (Å²) in [4.78, 5) is 2.17. The van der Waals surface area contributed by atoms with E-state index in [0.29, 0.717) is 11.2 Å². The Bertz CT molecular complexity index is 683. The number of thiol groups is 1. The molecule has 23 heavy (non-hydrogen) atoms. The summed E-state index contributed by atoms with van der Waals surface area (Å²) in [5.74, 6) is 0.265. The van der Waals surface area contributed by atoms with Crippen molar-refractivity contribution in [3.8, 4) is 0 Å². The van der Waals surface area contributed by atoms with Gasteiger partial charge in [-0.1, -0.05) is 30.3 Å². The summed E-state index contributed by atoms with van der Waals surface area (Å²) in [6.45, 7) is 0.956. The van der Waals surface area contributed by atoms with Gasteiger partial charge in [0.2, 0.25) is 0 Å². The Hall–Kier alpha value is -1.32. The van der Waals surface area contributed by atoms with Gasteiger partial charge in [-0.05, 0) is 73.7 Å². The average Bonchev–Trinajstić information content (AvgIpc) is 2.63. The van der Waals surface area contributed by atoms with E-state index in [-0.39, 0.29) is 5.82 Å². The molecule has 3 rings (SSSR count). The van der Waals surface area contributed by atoms with E-state index in [1.165, 1.54) is 16.7 Å². The minimum absolute atomic E-state index is 0.135. The fourth-order valence-corrected chi connectivity index (χ4v) is 4.25. The van der Waals surface area contributed by atoms with Gasteiger partial charge in [0.25, 0.3) is 0 Å². The molecule has 0 aromatic heterocycles. The van der Waals surface area contributed by atoms with Crippen molar-refractivity contribution in [3.05, 3.63) is 70.5 Å². The Kier molecular flexibility index (Phi) is 5.08. The second-order valence-electron chi connectivity index (χ2n) is 6.84. The summed E-state index contributed by atoms with van der Waals surface area (Å²) in [5.41, 5.74) is 5.18. The molecule has 0 N–H and O–H groups in total. The average molecular weight is 329 g/mol. The summed E-state index contributed by atoms with van der Waals surface area (Å²) in [7, 11) is 4.16. The SMILES string of the molecule is CN(C)CC(S)C[C@H]1Cc2cc(F)ccc2Cc2ccccc21. The maximum Gasteiger partial charge on any atom is 0.123 e. The molecule has 122 valence electrons. The summed E-state index contributed by atoms with van der Waals surface area (Å²) < 4.78 is 13.7. The normalized spacial score (nSPS) is 18.2. The molecular weight excluding hydrogens is 305 g/mol. The Morgan fingerprint density at radius 3 is 2.70 bits per heavy atom. The quantitative estimate of drug-likeness (QED) is 0.818. The van der Waals surface area contributed by atoms with Gasteiger partial charge >= 0.3 is 0 Å². The van der Waals surface area contributed by atoms with Gasteiger partial charge in [-0.25, -0.2) is 4.39 Å². The van der Waals surface area contributed by atoms with E-state index in [1.54, 1.807) is 12.1 Å². The van der Waals surface area contributed by atoms with Crippen molar-refractivity contribution in [1.29, 1.82) is 0 Å². The number of rotatable bonds is 4. The standard InChI is InChI=1S/C20H24FNS/c1-22(2)13-19(23)12-17-10-16-11-18(21)8-7-14(16)9-15-5-3-4-6-20(15)17/h3-8,11,17,19,23H,9-10,12-13H2,1-2H3/t17-,19?/m1/s1. The Morgan fingerprint density at radius 1 is 1.13 bits per heavy atom. The van der Waals surface area contributed by atoms with Gasteiger partial charge in [-0.2, -0.15) is 12.6 Å². The van der Waals surface area contributed by atoms with E-state index in [9.17, 15) is 4.39 Å². The highest BCUT2D eigenvalue weighted by atomic mass is 32.1. The van der Waals surface area contributed by atoms with Gasteiger partial charge in [-0.15, -0.1) is 0 Å². The van der Waals surface area contributed by atoms with Gasteiger partial charge < -0.3 is 4.90 Å². The highest BCUT2D eigenvalue weighted by Gasteiger charge is 2.24. The van der Waals surface area contributed by atoms with Gasteiger partial charge in [-0.3, -0.25) is 0 Å². The Labute approximate surface area is 143 Å². The highest BCUT2D eigenvalue weighted by Crippen LogP contribution is 2.35. The number of nitrogens with zero attached hydrogens (tertiary/aromatic N) is 1. The van der Waals surface area contributed by atoms with Crippen molar-refractivity contribution < 1.29 is 4.39 Å². The van der Waals surface area contributed by atoms with Gasteiger partial charge in [0.05, 0.1) is 0 Å². The van der Waals surface area contributed by atoms with Crippen LogP contribution >= 0.6 is 12.6 Å². The molecule has 2 aromatic rings. The van der Waals surface area contributed by atoms with E-state index < -0.39 is 0 Å². The predicted octanol–water partition coefficient (Wildman–Crippen LogP) is 4.31. The van der Waals surface area contributed by atoms with Gasteiger partial charge in [0.1, 0.15) is 5.82 Å². The second kappa shape index (κ2) is 7.06. The number of benzene rings is 2. The largest absolute Gasteiger partial charge is 0.308 e. The zero-order valence-electron chi connectivity index (χ0n) is 13.8. The van der Waals surface area contributed by atoms with Crippen LogP contribution in [0.15, 0.2) is 42.5 Å². The minimum atomic E-state index is -0.135. The third-order valence-corrected chi connectivity index (χ3v) is 5.02. The molecule has 1 aliphatic carbocycles. The first-order valence-electron chi connectivity index (χ1n) is 8.21. The van der Waals surface area contributed by atoms with E-state index in [0.717, 1.165) is 31.4 Å². The Balaban J connectivity index is 1.94. The molecule has 0 spiro atoms. The van der Waals surface area contributed by atoms with E-state index in [2.05, 4.69) is 43.3 Å². The molecule has 0 amide bonds. The molecule has 1 nitrogen and oxygen atoms in total. The summed E-state index contributed by atoms with van der Waals surface area (Å²) in [6.07, 6.45) is 2.80. The molecule has 1 aliphatic rings. The molecular formula is C20H24FNS. The first-order valence-corrected chi connectivity index (χ1v) is 8.72. The van der Waals surface area contributed by atoms with Crippen LogP contribution in [0, 0.1) is 5.82 Å². The molecule has 0 aliphatic heterocycles. The lowest BCUT2D eigenvalue weighted by Crippen LogP contribution is -2.24. The van der Waals surface area contributed by atoms with Crippen molar-refractivity contribution >= 4 is 12.6 Å². The maximum atomic E-state index is 13.7. The van der Waals surface area contributed by atoms with Crippen LogP contribution < -0.4 is 0 Å². The van der Waals surface area contributed by atoms with Crippen molar-refractivity contribution in [3.63, 3.8) is 0 Å². The zero-order valence-corrected chi connectivity index (χ0v) is 14.7. The number of hydrogen-bond acceptors (Lipinski definition) is 2. The number of hydrogen-bond donors (Lipinski definition) is 1. The molecule has 0 fully saturated rings. The predicted molar refractivity (Wildman–Crippen MR) is 98.0 cm³/mol. The summed E-state index contributed by atoms with van der Waals surface area (Å²) in [6, 6.07) is 13.9. The molecule has 0 heterocycles. The van der Waals surface area contributed by atoms with E-state index in [4.69, 9.17) is 12.6 Å². The fourth-order valence-electron chi connectivity index (χ4n) is 3.67. The van der Waals surface area contributed by atoms with Crippen molar-refractivity contribution in [2.24, 2.45) is 0 Å². The van der Waals surface area contributed by atoms with E-state index in [1.807, 2.05) is 6.07 Å². The molecule has 1 unspecified atom stereocenters. The van der Waals surface area contributed by atoms with Gasteiger partial charge in [0, 0.05) is 11.8 Å². The topological polar surface area (TPSA) is 3.24 Å². The van der Waals surface area contributed by atoms with Crippen LogP contribution in [0.5, 0.6) is 0 Å². The monoisotopic (exact) mass is 329 g/mol. The fraction of sp³-hybridized carbons (Fsp3) is 0.400. The smallest absolute Gasteiger partial charge is 0.123 e. The van der Waals surface area contributed by atoms with Crippen molar-refractivity contribution in [2.45, 2.75) is 30.4 Å². The van der Waals surface area contributed by atoms with Crippen molar-refractivity contribution in [2.75, 3.05) is 20.6 Å². The molecule has 2 atom stereocenters. The molecule has 3 heteroatoms. The molecule has 0 bridgehead atoms. The van der Waals surface area contributed by atoms with Crippen LogP contribution in [-0.4, -0.2) is 30.8 Å². The van der Waals surface area contributed by atoms with Gasteiger partial charge in [0.15, 0.2) is 0 Å². The van der Waals surface area contributed by atoms with Crippen LogP contribution in [0.1, 0.15) is 34.6 Å². The van der Waals surface area contributed by atoms with Crippen LogP contribution in [0.25, 0.3) is 0 Å².